The molecule has 0 amide bonds. The van der Waals surface area contributed by atoms with Gasteiger partial charge in [0.1, 0.15) is 0 Å². The van der Waals surface area contributed by atoms with Crippen LogP contribution in [0.2, 0.25) is 0 Å². The first-order chi connectivity index (χ1) is 11.3. The second kappa shape index (κ2) is 9.62. The number of guanidine groups is 1. The Morgan fingerprint density at radius 2 is 2.25 bits per heavy atom. The molecule has 3 aromatic heterocycles. The van der Waals surface area contributed by atoms with Gasteiger partial charge in [-0.3, -0.25) is 9.08 Å². The molecule has 0 radical (unpaired) electrons. The van der Waals surface area contributed by atoms with Crippen molar-refractivity contribution in [2.45, 2.75) is 26.4 Å². The molecule has 0 saturated carbocycles. The lowest BCUT2D eigenvalue weighted by Crippen LogP contribution is -2.38. The zero-order valence-corrected chi connectivity index (χ0v) is 16.7. The van der Waals surface area contributed by atoms with E-state index in [0.29, 0.717) is 6.54 Å². The van der Waals surface area contributed by atoms with Crippen LogP contribution in [-0.2, 0) is 13.1 Å². The molecular formula is C15H22IN7S. The van der Waals surface area contributed by atoms with Gasteiger partial charge in [-0.2, -0.15) is 5.10 Å². The number of rotatable bonds is 7. The number of imidazole rings is 1. The summed E-state index contributed by atoms with van der Waals surface area (Å²) in [5.74, 6) is 0.823. The Morgan fingerprint density at radius 3 is 3.00 bits per heavy atom. The number of aliphatic imine (C=N–C) groups is 1. The predicted octanol–water partition coefficient (Wildman–Crippen LogP) is 2.36. The van der Waals surface area contributed by atoms with E-state index in [1.807, 2.05) is 39.1 Å². The number of hydrogen-bond donors (Lipinski definition) is 2. The summed E-state index contributed by atoms with van der Waals surface area (Å²) in [5.41, 5.74) is 0.977. The van der Waals surface area contributed by atoms with Gasteiger partial charge < -0.3 is 10.6 Å². The van der Waals surface area contributed by atoms with E-state index < -0.39 is 0 Å². The van der Waals surface area contributed by atoms with Crippen LogP contribution in [0, 0.1) is 0 Å². The Kier molecular flexibility index (Phi) is 7.50. The van der Waals surface area contributed by atoms with Crippen molar-refractivity contribution in [2.75, 3.05) is 13.1 Å². The van der Waals surface area contributed by atoms with Crippen molar-refractivity contribution in [1.29, 1.82) is 0 Å². The van der Waals surface area contributed by atoms with E-state index in [9.17, 15) is 0 Å². The lowest BCUT2D eigenvalue weighted by atomic mass is 10.4. The molecule has 7 nitrogen and oxygen atoms in total. The number of fused-ring (bicyclic) bond motifs is 1. The highest BCUT2D eigenvalue weighted by molar-refractivity contribution is 14.0. The first kappa shape index (κ1) is 18.7. The van der Waals surface area contributed by atoms with Crippen LogP contribution in [0.4, 0.5) is 0 Å². The molecule has 0 aromatic carbocycles. The summed E-state index contributed by atoms with van der Waals surface area (Å²) in [4.78, 5) is 10.1. The molecule has 0 aliphatic carbocycles. The Hall–Kier alpha value is -1.62. The van der Waals surface area contributed by atoms with E-state index in [4.69, 9.17) is 0 Å². The van der Waals surface area contributed by atoms with Gasteiger partial charge in [0.25, 0.3) is 0 Å². The van der Waals surface area contributed by atoms with Crippen molar-refractivity contribution < 1.29 is 0 Å². The average molecular weight is 459 g/mol. The largest absolute Gasteiger partial charge is 0.357 e. The van der Waals surface area contributed by atoms with Crippen molar-refractivity contribution in [1.82, 2.24) is 29.8 Å². The van der Waals surface area contributed by atoms with Gasteiger partial charge in [-0.05, 0) is 19.4 Å². The Morgan fingerprint density at radius 1 is 1.33 bits per heavy atom. The first-order valence-corrected chi connectivity index (χ1v) is 8.64. The third-order valence-electron chi connectivity index (χ3n) is 3.30. The minimum absolute atomic E-state index is 0. The molecule has 130 valence electrons. The molecule has 0 bridgehead atoms. The molecule has 0 spiro atoms. The van der Waals surface area contributed by atoms with Gasteiger partial charge in [-0.1, -0.05) is 0 Å². The molecule has 3 heterocycles. The summed E-state index contributed by atoms with van der Waals surface area (Å²) in [6.07, 6.45) is 8.81. The summed E-state index contributed by atoms with van der Waals surface area (Å²) in [7, 11) is 0. The van der Waals surface area contributed by atoms with Crippen LogP contribution >= 0.6 is 35.3 Å². The zero-order valence-electron chi connectivity index (χ0n) is 13.6. The van der Waals surface area contributed by atoms with E-state index in [1.165, 1.54) is 0 Å². The smallest absolute Gasteiger partial charge is 0.193 e. The van der Waals surface area contributed by atoms with Crippen molar-refractivity contribution in [3.63, 3.8) is 0 Å². The predicted molar refractivity (Wildman–Crippen MR) is 108 cm³/mol. The van der Waals surface area contributed by atoms with E-state index in [-0.39, 0.29) is 24.0 Å². The fourth-order valence-electron chi connectivity index (χ4n) is 2.23. The van der Waals surface area contributed by atoms with Crippen LogP contribution < -0.4 is 10.6 Å². The maximum atomic E-state index is 4.59. The third kappa shape index (κ3) is 5.20. The van der Waals surface area contributed by atoms with Crippen molar-refractivity contribution >= 4 is 46.2 Å². The molecule has 0 saturated heterocycles. The Labute approximate surface area is 162 Å². The van der Waals surface area contributed by atoms with E-state index in [2.05, 4.69) is 32.6 Å². The van der Waals surface area contributed by atoms with Crippen molar-refractivity contribution in [2.24, 2.45) is 4.99 Å². The van der Waals surface area contributed by atoms with Gasteiger partial charge in [0.15, 0.2) is 10.9 Å². The van der Waals surface area contributed by atoms with Gasteiger partial charge in [0.2, 0.25) is 0 Å². The van der Waals surface area contributed by atoms with Crippen LogP contribution in [0.25, 0.3) is 4.96 Å². The highest BCUT2D eigenvalue weighted by Gasteiger charge is 2.03. The molecule has 3 aromatic rings. The molecule has 0 aliphatic rings. The summed E-state index contributed by atoms with van der Waals surface area (Å²) >= 11 is 1.63. The summed E-state index contributed by atoms with van der Waals surface area (Å²) in [6.45, 7) is 5.22. The number of aromatic nitrogens is 4. The number of aryl methyl sites for hydroxylation is 1. The number of thiazole rings is 1. The Balaban J connectivity index is 0.00000208. The molecule has 3 rings (SSSR count). The standard InChI is InChI=1S/C15H21N7S.HI/c1-2-16-14(17-5-3-7-22-8-4-6-19-22)18-11-13-12-21-9-10-23-15(21)20-13;/h4,6,8-10,12H,2-3,5,7,11H2,1H3,(H2,16,17,18);1H. The number of nitrogens with one attached hydrogen (secondary N) is 2. The second-order valence-electron chi connectivity index (χ2n) is 5.07. The molecule has 24 heavy (non-hydrogen) atoms. The second-order valence-corrected chi connectivity index (χ2v) is 5.94. The molecule has 9 heteroatoms. The van der Waals surface area contributed by atoms with Crippen LogP contribution in [0.1, 0.15) is 19.0 Å². The summed E-state index contributed by atoms with van der Waals surface area (Å²) < 4.78 is 3.96. The van der Waals surface area contributed by atoms with Gasteiger partial charge in [0.05, 0.1) is 12.2 Å². The summed E-state index contributed by atoms with van der Waals surface area (Å²) in [5, 5.41) is 12.8. The highest BCUT2D eigenvalue weighted by Crippen LogP contribution is 2.11. The highest BCUT2D eigenvalue weighted by atomic mass is 127. The van der Waals surface area contributed by atoms with E-state index in [0.717, 1.165) is 42.7 Å². The van der Waals surface area contributed by atoms with Crippen LogP contribution in [0.5, 0.6) is 0 Å². The van der Waals surface area contributed by atoms with Gasteiger partial charge in [0, 0.05) is 49.8 Å². The monoisotopic (exact) mass is 459 g/mol. The lowest BCUT2D eigenvalue weighted by Gasteiger charge is -2.10. The SMILES string of the molecule is CCNC(=NCc1cn2ccsc2n1)NCCCn1cccn1.I. The number of nitrogens with zero attached hydrogens (tertiary/aromatic N) is 5. The number of halogens is 1. The minimum Gasteiger partial charge on any atom is -0.357 e. The van der Waals surface area contributed by atoms with Crippen LogP contribution in [0.3, 0.4) is 0 Å². The first-order valence-electron chi connectivity index (χ1n) is 7.76. The molecule has 2 N–H and O–H groups in total. The van der Waals surface area contributed by atoms with Gasteiger partial charge in [-0.25, -0.2) is 9.98 Å². The number of hydrogen-bond acceptors (Lipinski definition) is 4. The lowest BCUT2D eigenvalue weighted by molar-refractivity contribution is 0.570. The maximum Gasteiger partial charge on any atom is 0.193 e. The quantitative estimate of drug-likeness (QED) is 0.246. The normalized spacial score (nSPS) is 11.5. The van der Waals surface area contributed by atoms with Gasteiger partial charge >= 0.3 is 0 Å². The van der Waals surface area contributed by atoms with E-state index in [1.54, 1.807) is 17.5 Å². The Bertz CT molecular complexity index is 718. The minimum atomic E-state index is 0. The molecule has 0 atom stereocenters. The van der Waals surface area contributed by atoms with Crippen LogP contribution in [0.15, 0.2) is 41.2 Å². The molecule has 0 unspecified atom stereocenters. The van der Waals surface area contributed by atoms with Crippen LogP contribution in [-0.4, -0.2) is 38.2 Å². The molecule has 0 fully saturated rings. The van der Waals surface area contributed by atoms with Crippen molar-refractivity contribution in [3.05, 3.63) is 41.9 Å². The molecular weight excluding hydrogens is 437 g/mol. The van der Waals surface area contributed by atoms with Gasteiger partial charge in [-0.15, -0.1) is 35.3 Å². The third-order valence-corrected chi connectivity index (χ3v) is 4.07. The summed E-state index contributed by atoms with van der Waals surface area (Å²) in [6, 6.07) is 1.94. The maximum absolute atomic E-state index is 4.59. The van der Waals surface area contributed by atoms with E-state index >= 15 is 0 Å². The fourth-order valence-corrected chi connectivity index (χ4v) is 2.95. The van der Waals surface area contributed by atoms with Crippen molar-refractivity contribution in [3.8, 4) is 0 Å². The average Bonchev–Trinajstić information content (AvgIpc) is 3.25. The zero-order chi connectivity index (χ0) is 15.9. The molecule has 0 aliphatic heterocycles. The fraction of sp³-hybridized carbons (Fsp3) is 0.400. The topological polar surface area (TPSA) is 71.5 Å².